The van der Waals surface area contributed by atoms with Crippen molar-refractivity contribution < 1.29 is 19.1 Å². The first-order valence-electron chi connectivity index (χ1n) is 10.8. The number of ketones is 1. The zero-order valence-electron chi connectivity index (χ0n) is 18.3. The molecule has 0 spiro atoms. The van der Waals surface area contributed by atoms with Crippen LogP contribution in [0.15, 0.2) is 17.1 Å². The van der Waals surface area contributed by atoms with E-state index in [9.17, 15) is 19.5 Å². The van der Waals surface area contributed by atoms with E-state index in [-0.39, 0.29) is 47.0 Å². The standard InChI is InChI=1S/C23H28FN3O4/c1-5-6-26-13(3)9-25(10-14(26)4)21-17(24)8-15-20-19(21)18(28)7-12(2)27(20)11-16(22(15)29)23(30)31/h8,11-14H,5-7,9-10H2,1-4H3,(H,30,31). The Morgan fingerprint density at radius 1 is 1.16 bits per heavy atom. The fourth-order valence-corrected chi connectivity index (χ4v) is 5.26. The molecule has 3 heterocycles. The highest BCUT2D eigenvalue weighted by molar-refractivity contribution is 6.13. The highest BCUT2D eigenvalue weighted by Crippen LogP contribution is 2.39. The number of hydrogen-bond donors (Lipinski definition) is 1. The van der Waals surface area contributed by atoms with Gasteiger partial charge in [-0.3, -0.25) is 14.5 Å². The summed E-state index contributed by atoms with van der Waals surface area (Å²) >= 11 is 0. The first-order valence-corrected chi connectivity index (χ1v) is 10.8. The van der Waals surface area contributed by atoms with E-state index < -0.39 is 22.8 Å². The second kappa shape index (κ2) is 7.75. The predicted molar refractivity (Wildman–Crippen MR) is 117 cm³/mol. The van der Waals surface area contributed by atoms with Gasteiger partial charge in [-0.05, 0) is 39.8 Å². The molecule has 8 heteroatoms. The van der Waals surface area contributed by atoms with Gasteiger partial charge in [-0.15, -0.1) is 0 Å². The molecule has 0 radical (unpaired) electrons. The summed E-state index contributed by atoms with van der Waals surface area (Å²) in [4.78, 5) is 41.8. The van der Waals surface area contributed by atoms with Crippen LogP contribution < -0.4 is 10.3 Å². The molecule has 1 fully saturated rings. The van der Waals surface area contributed by atoms with Crippen molar-refractivity contribution in [2.24, 2.45) is 0 Å². The Balaban J connectivity index is 1.95. The third-order valence-electron chi connectivity index (χ3n) is 6.61. The summed E-state index contributed by atoms with van der Waals surface area (Å²) in [5, 5.41) is 9.38. The van der Waals surface area contributed by atoms with Gasteiger partial charge in [-0.25, -0.2) is 9.18 Å². The monoisotopic (exact) mass is 429 g/mol. The van der Waals surface area contributed by atoms with Crippen molar-refractivity contribution in [3.63, 3.8) is 0 Å². The molecule has 3 unspecified atom stereocenters. The largest absolute Gasteiger partial charge is 0.477 e. The Morgan fingerprint density at radius 2 is 1.81 bits per heavy atom. The van der Waals surface area contributed by atoms with Crippen LogP contribution in [0.5, 0.6) is 0 Å². The van der Waals surface area contributed by atoms with E-state index in [4.69, 9.17) is 0 Å². The van der Waals surface area contributed by atoms with Gasteiger partial charge in [0.2, 0.25) is 5.43 Å². The average molecular weight is 429 g/mol. The average Bonchev–Trinajstić information content (AvgIpc) is 2.69. The van der Waals surface area contributed by atoms with E-state index in [1.807, 2.05) is 4.90 Å². The fraction of sp³-hybridized carbons (Fsp3) is 0.522. The molecule has 2 aliphatic rings. The fourth-order valence-electron chi connectivity index (χ4n) is 5.26. The number of piperazine rings is 1. The number of pyridine rings is 1. The van der Waals surface area contributed by atoms with Crippen molar-refractivity contribution >= 4 is 28.3 Å². The number of benzene rings is 1. The molecular formula is C23H28FN3O4. The van der Waals surface area contributed by atoms with Crippen molar-refractivity contribution in [2.45, 2.75) is 58.7 Å². The Hall–Kier alpha value is -2.74. The normalized spacial score (nSPS) is 24.1. The van der Waals surface area contributed by atoms with E-state index in [1.54, 1.807) is 11.5 Å². The summed E-state index contributed by atoms with van der Waals surface area (Å²) in [6.07, 6.45) is 2.44. The lowest BCUT2D eigenvalue weighted by molar-refractivity contribution is 0.0694. The number of carbonyl (C=O) groups excluding carboxylic acids is 1. The molecule has 1 N–H and O–H groups in total. The number of anilines is 1. The van der Waals surface area contributed by atoms with E-state index in [2.05, 4.69) is 25.7 Å². The predicted octanol–water partition coefficient (Wildman–Crippen LogP) is 3.30. The van der Waals surface area contributed by atoms with Gasteiger partial charge in [-0.2, -0.15) is 0 Å². The van der Waals surface area contributed by atoms with Crippen LogP contribution in [0.3, 0.4) is 0 Å². The number of hydrogen-bond acceptors (Lipinski definition) is 5. The van der Waals surface area contributed by atoms with Gasteiger partial charge in [-0.1, -0.05) is 6.92 Å². The van der Waals surface area contributed by atoms with E-state index >= 15 is 4.39 Å². The van der Waals surface area contributed by atoms with Gasteiger partial charge < -0.3 is 14.6 Å². The topological polar surface area (TPSA) is 82.8 Å². The molecule has 2 aliphatic heterocycles. The molecule has 3 atom stereocenters. The van der Waals surface area contributed by atoms with Crippen LogP contribution in [0.25, 0.3) is 10.9 Å². The smallest absolute Gasteiger partial charge is 0.341 e. The molecule has 1 saturated heterocycles. The maximum Gasteiger partial charge on any atom is 0.341 e. The van der Waals surface area contributed by atoms with Crippen LogP contribution in [0, 0.1) is 5.82 Å². The number of carboxylic acid groups (broad SMARTS) is 1. The van der Waals surface area contributed by atoms with E-state index in [0.29, 0.717) is 18.6 Å². The minimum Gasteiger partial charge on any atom is -0.477 e. The third-order valence-corrected chi connectivity index (χ3v) is 6.61. The zero-order valence-corrected chi connectivity index (χ0v) is 18.3. The zero-order chi connectivity index (χ0) is 22.6. The van der Waals surface area contributed by atoms with Crippen molar-refractivity contribution in [2.75, 3.05) is 24.5 Å². The lowest BCUT2D eigenvalue weighted by atomic mass is 9.92. The first-order chi connectivity index (χ1) is 14.6. The van der Waals surface area contributed by atoms with Crippen LogP contribution in [-0.2, 0) is 0 Å². The molecular weight excluding hydrogens is 401 g/mol. The highest BCUT2D eigenvalue weighted by atomic mass is 19.1. The summed E-state index contributed by atoms with van der Waals surface area (Å²) in [6, 6.07) is 1.15. The summed E-state index contributed by atoms with van der Waals surface area (Å²) < 4.78 is 17.1. The van der Waals surface area contributed by atoms with Gasteiger partial charge in [0.1, 0.15) is 11.4 Å². The summed E-state index contributed by atoms with van der Waals surface area (Å²) in [7, 11) is 0. The van der Waals surface area contributed by atoms with Crippen LogP contribution >= 0.6 is 0 Å². The second-order valence-electron chi connectivity index (χ2n) is 8.88. The molecule has 1 aromatic carbocycles. The quantitative estimate of drug-likeness (QED) is 0.803. The van der Waals surface area contributed by atoms with Crippen LogP contribution in [0.1, 0.15) is 67.3 Å². The van der Waals surface area contributed by atoms with Gasteiger partial charge >= 0.3 is 5.97 Å². The molecule has 0 bridgehead atoms. The summed E-state index contributed by atoms with van der Waals surface area (Å²) in [6.45, 7) is 10.2. The van der Waals surface area contributed by atoms with Crippen LogP contribution in [-0.4, -0.2) is 58.0 Å². The van der Waals surface area contributed by atoms with Crippen molar-refractivity contribution in [3.05, 3.63) is 39.4 Å². The Kier molecular flexibility index (Phi) is 5.37. The highest BCUT2D eigenvalue weighted by Gasteiger charge is 2.36. The second-order valence-corrected chi connectivity index (χ2v) is 8.88. The molecule has 31 heavy (non-hydrogen) atoms. The lowest BCUT2D eigenvalue weighted by Gasteiger charge is -2.46. The van der Waals surface area contributed by atoms with Crippen LogP contribution in [0.4, 0.5) is 10.1 Å². The molecule has 1 aromatic heterocycles. The first kappa shape index (κ1) is 21.5. The molecule has 0 aliphatic carbocycles. The van der Waals surface area contributed by atoms with Gasteiger partial charge in [0.05, 0.1) is 22.2 Å². The van der Waals surface area contributed by atoms with E-state index in [0.717, 1.165) is 19.0 Å². The molecule has 4 rings (SSSR count). The summed E-state index contributed by atoms with van der Waals surface area (Å²) in [5.74, 6) is -2.23. The minimum absolute atomic E-state index is 0.0539. The Labute approximate surface area is 180 Å². The number of aromatic nitrogens is 1. The summed E-state index contributed by atoms with van der Waals surface area (Å²) in [5.41, 5.74) is -0.406. The molecule has 166 valence electrons. The number of aromatic carboxylic acids is 1. The molecule has 0 saturated carbocycles. The number of Topliss-reactive ketones (excluding diaryl/α,β-unsaturated/α-hetero) is 1. The number of nitrogens with zero attached hydrogens (tertiary/aromatic N) is 3. The maximum atomic E-state index is 15.5. The van der Waals surface area contributed by atoms with Crippen molar-refractivity contribution in [1.82, 2.24) is 9.47 Å². The van der Waals surface area contributed by atoms with Crippen molar-refractivity contribution in [3.8, 4) is 0 Å². The van der Waals surface area contributed by atoms with Crippen molar-refractivity contribution in [1.29, 1.82) is 0 Å². The van der Waals surface area contributed by atoms with Gasteiger partial charge in [0.25, 0.3) is 0 Å². The van der Waals surface area contributed by atoms with Gasteiger partial charge in [0, 0.05) is 43.8 Å². The Bertz CT molecular complexity index is 1130. The van der Waals surface area contributed by atoms with Gasteiger partial charge in [0.15, 0.2) is 5.78 Å². The third kappa shape index (κ3) is 3.33. The van der Waals surface area contributed by atoms with E-state index in [1.165, 1.54) is 6.20 Å². The minimum atomic E-state index is -1.36. The number of halogens is 1. The lowest BCUT2D eigenvalue weighted by Crippen LogP contribution is -2.57. The maximum absolute atomic E-state index is 15.5. The Morgan fingerprint density at radius 3 is 2.39 bits per heavy atom. The number of carboxylic acids is 1. The molecule has 0 amide bonds. The molecule has 7 nitrogen and oxygen atoms in total. The number of rotatable bonds is 4. The SMILES string of the molecule is CCCN1C(C)CN(c2c(F)cc3c(=O)c(C(=O)O)cn4c3c2C(=O)CC4C)CC1C. The van der Waals surface area contributed by atoms with Crippen LogP contribution in [0.2, 0.25) is 0 Å². The number of carbonyl (C=O) groups is 2. The molecule has 2 aromatic rings.